The molecule has 0 fully saturated rings. The molecule has 0 aliphatic rings. The van der Waals surface area contributed by atoms with Crippen molar-refractivity contribution >= 4 is 17.2 Å². The van der Waals surface area contributed by atoms with Crippen molar-refractivity contribution in [1.29, 1.82) is 0 Å². The van der Waals surface area contributed by atoms with Gasteiger partial charge in [-0.15, -0.1) is 11.3 Å². The SMILES string of the molecule is CCCC(N)C(=O)NCc1cscn1. The fourth-order valence-corrected chi connectivity index (χ4v) is 1.63. The Bertz CT molecular complexity index is 274. The molecule has 1 aromatic heterocycles. The van der Waals surface area contributed by atoms with Crippen LogP contribution < -0.4 is 11.1 Å². The summed E-state index contributed by atoms with van der Waals surface area (Å²) in [6, 6.07) is -0.390. The predicted octanol–water partition coefficient (Wildman–Crippen LogP) is 0.887. The first-order chi connectivity index (χ1) is 6.74. The number of amides is 1. The number of carbonyl (C=O) groups is 1. The first-order valence-corrected chi connectivity index (χ1v) is 5.58. The molecule has 0 aliphatic heterocycles. The van der Waals surface area contributed by atoms with Crippen molar-refractivity contribution in [3.05, 3.63) is 16.6 Å². The second kappa shape index (κ2) is 5.72. The summed E-state index contributed by atoms with van der Waals surface area (Å²) >= 11 is 1.52. The maximum absolute atomic E-state index is 11.4. The quantitative estimate of drug-likeness (QED) is 0.763. The molecule has 1 heterocycles. The van der Waals surface area contributed by atoms with E-state index < -0.39 is 6.04 Å². The summed E-state index contributed by atoms with van der Waals surface area (Å²) in [7, 11) is 0. The standard InChI is InChI=1S/C9H15N3OS/c1-2-3-8(10)9(13)11-4-7-5-14-6-12-7/h5-6,8H,2-4,10H2,1H3,(H,11,13). The number of hydrogen-bond donors (Lipinski definition) is 2. The summed E-state index contributed by atoms with van der Waals surface area (Å²) < 4.78 is 0. The minimum absolute atomic E-state index is 0.0974. The van der Waals surface area contributed by atoms with Crippen LogP contribution in [0.2, 0.25) is 0 Å². The first-order valence-electron chi connectivity index (χ1n) is 4.64. The van der Waals surface area contributed by atoms with Crippen molar-refractivity contribution in [2.45, 2.75) is 32.4 Å². The third kappa shape index (κ3) is 3.43. The molecule has 0 aliphatic carbocycles. The zero-order chi connectivity index (χ0) is 10.4. The van der Waals surface area contributed by atoms with Crippen molar-refractivity contribution in [2.24, 2.45) is 5.73 Å². The van der Waals surface area contributed by atoms with Crippen LogP contribution in [0.5, 0.6) is 0 Å². The Balaban J connectivity index is 2.27. The van der Waals surface area contributed by atoms with Crippen LogP contribution in [0.3, 0.4) is 0 Å². The van der Waals surface area contributed by atoms with Crippen molar-refractivity contribution in [3.8, 4) is 0 Å². The highest BCUT2D eigenvalue weighted by Crippen LogP contribution is 2.00. The molecule has 1 atom stereocenters. The van der Waals surface area contributed by atoms with Gasteiger partial charge < -0.3 is 11.1 Å². The van der Waals surface area contributed by atoms with Gasteiger partial charge in [0.1, 0.15) is 0 Å². The van der Waals surface area contributed by atoms with Crippen LogP contribution in [0.15, 0.2) is 10.9 Å². The molecule has 1 rings (SSSR count). The van der Waals surface area contributed by atoms with E-state index in [0.717, 1.165) is 18.5 Å². The molecule has 0 saturated carbocycles. The lowest BCUT2D eigenvalue weighted by molar-refractivity contribution is -0.122. The number of carbonyl (C=O) groups excluding carboxylic acids is 1. The Labute approximate surface area is 87.5 Å². The van der Waals surface area contributed by atoms with Crippen LogP contribution in [0.4, 0.5) is 0 Å². The molecule has 1 amide bonds. The maximum atomic E-state index is 11.4. The Morgan fingerprint density at radius 1 is 1.79 bits per heavy atom. The van der Waals surface area contributed by atoms with Gasteiger partial charge in [-0.2, -0.15) is 0 Å². The molecule has 3 N–H and O–H groups in total. The molecule has 1 unspecified atom stereocenters. The van der Waals surface area contributed by atoms with Crippen molar-refractivity contribution < 1.29 is 4.79 Å². The average molecular weight is 213 g/mol. The van der Waals surface area contributed by atoms with E-state index in [1.807, 2.05) is 12.3 Å². The van der Waals surface area contributed by atoms with Crippen LogP contribution >= 0.6 is 11.3 Å². The summed E-state index contributed by atoms with van der Waals surface area (Å²) in [5, 5.41) is 4.66. The number of rotatable bonds is 5. The van der Waals surface area contributed by atoms with Gasteiger partial charge in [0.05, 0.1) is 23.8 Å². The van der Waals surface area contributed by atoms with Gasteiger partial charge in [-0.3, -0.25) is 4.79 Å². The molecule has 0 bridgehead atoms. The summed E-state index contributed by atoms with van der Waals surface area (Å²) in [6.07, 6.45) is 1.65. The van der Waals surface area contributed by atoms with Crippen LogP contribution in [0.25, 0.3) is 0 Å². The molecule has 0 saturated heterocycles. The summed E-state index contributed by atoms with van der Waals surface area (Å²) in [4.78, 5) is 15.4. The lowest BCUT2D eigenvalue weighted by Gasteiger charge is -2.09. The minimum Gasteiger partial charge on any atom is -0.349 e. The van der Waals surface area contributed by atoms with E-state index in [0.29, 0.717) is 6.54 Å². The lowest BCUT2D eigenvalue weighted by Crippen LogP contribution is -2.40. The predicted molar refractivity (Wildman–Crippen MR) is 56.8 cm³/mol. The highest BCUT2D eigenvalue weighted by molar-refractivity contribution is 7.07. The zero-order valence-electron chi connectivity index (χ0n) is 8.19. The molecule has 0 spiro atoms. The van der Waals surface area contributed by atoms with Crippen molar-refractivity contribution in [1.82, 2.24) is 10.3 Å². The summed E-state index contributed by atoms with van der Waals surface area (Å²) in [5.74, 6) is -0.0974. The average Bonchev–Trinajstić information content (AvgIpc) is 2.67. The van der Waals surface area contributed by atoms with Crippen molar-refractivity contribution in [3.63, 3.8) is 0 Å². The third-order valence-electron chi connectivity index (χ3n) is 1.86. The normalized spacial score (nSPS) is 12.4. The number of nitrogens with zero attached hydrogens (tertiary/aromatic N) is 1. The molecule has 0 radical (unpaired) electrons. The van der Waals surface area contributed by atoms with E-state index >= 15 is 0 Å². The molecule has 78 valence electrons. The van der Waals surface area contributed by atoms with E-state index in [1.54, 1.807) is 5.51 Å². The number of nitrogens with two attached hydrogens (primary N) is 1. The third-order valence-corrected chi connectivity index (χ3v) is 2.50. The first kappa shape index (κ1) is 11.1. The van der Waals surface area contributed by atoms with Gasteiger partial charge in [0.2, 0.25) is 5.91 Å². The Kier molecular flexibility index (Phi) is 4.55. The van der Waals surface area contributed by atoms with Gasteiger partial charge in [-0.05, 0) is 6.42 Å². The lowest BCUT2D eigenvalue weighted by atomic mass is 10.2. The Hall–Kier alpha value is -0.940. The Morgan fingerprint density at radius 2 is 2.57 bits per heavy atom. The van der Waals surface area contributed by atoms with Crippen LogP contribution in [-0.4, -0.2) is 16.9 Å². The number of thiazole rings is 1. The molecule has 5 heteroatoms. The molecule has 4 nitrogen and oxygen atoms in total. The molecule has 1 aromatic rings. The van der Waals surface area contributed by atoms with Gasteiger partial charge in [0, 0.05) is 5.38 Å². The van der Waals surface area contributed by atoms with Gasteiger partial charge in [-0.1, -0.05) is 13.3 Å². The minimum atomic E-state index is -0.390. The molecular weight excluding hydrogens is 198 g/mol. The maximum Gasteiger partial charge on any atom is 0.237 e. The topological polar surface area (TPSA) is 68.0 Å². The molecule has 14 heavy (non-hydrogen) atoms. The molecule has 0 aromatic carbocycles. The van der Waals surface area contributed by atoms with Gasteiger partial charge >= 0.3 is 0 Å². The van der Waals surface area contributed by atoms with E-state index in [4.69, 9.17) is 5.73 Å². The van der Waals surface area contributed by atoms with Gasteiger partial charge in [0.15, 0.2) is 0 Å². The highest BCUT2D eigenvalue weighted by Gasteiger charge is 2.11. The van der Waals surface area contributed by atoms with Crippen LogP contribution in [0.1, 0.15) is 25.5 Å². The van der Waals surface area contributed by atoms with Crippen molar-refractivity contribution in [2.75, 3.05) is 0 Å². The van der Waals surface area contributed by atoms with E-state index in [1.165, 1.54) is 11.3 Å². The monoisotopic (exact) mass is 213 g/mol. The number of aromatic nitrogens is 1. The van der Waals surface area contributed by atoms with E-state index in [-0.39, 0.29) is 5.91 Å². The van der Waals surface area contributed by atoms with E-state index in [9.17, 15) is 4.79 Å². The van der Waals surface area contributed by atoms with Crippen LogP contribution in [-0.2, 0) is 11.3 Å². The summed E-state index contributed by atoms with van der Waals surface area (Å²) in [6.45, 7) is 2.48. The zero-order valence-corrected chi connectivity index (χ0v) is 9.01. The van der Waals surface area contributed by atoms with Gasteiger partial charge in [-0.25, -0.2) is 4.98 Å². The van der Waals surface area contributed by atoms with Gasteiger partial charge in [0.25, 0.3) is 0 Å². The molecular formula is C9H15N3OS. The largest absolute Gasteiger partial charge is 0.349 e. The number of nitrogens with one attached hydrogen (secondary N) is 1. The fraction of sp³-hybridized carbons (Fsp3) is 0.556. The fourth-order valence-electron chi connectivity index (χ4n) is 1.08. The second-order valence-corrected chi connectivity index (χ2v) is 3.81. The summed E-state index contributed by atoms with van der Waals surface area (Å²) in [5.41, 5.74) is 8.26. The van der Waals surface area contributed by atoms with Crippen LogP contribution in [0, 0.1) is 0 Å². The Morgan fingerprint density at radius 3 is 3.14 bits per heavy atom. The second-order valence-electron chi connectivity index (χ2n) is 3.09. The number of hydrogen-bond acceptors (Lipinski definition) is 4. The van der Waals surface area contributed by atoms with E-state index in [2.05, 4.69) is 10.3 Å². The smallest absolute Gasteiger partial charge is 0.237 e. The highest BCUT2D eigenvalue weighted by atomic mass is 32.1.